The monoisotopic (exact) mass is 374 g/mol. The van der Waals surface area contributed by atoms with Crippen molar-refractivity contribution in [3.8, 4) is 0 Å². The molecule has 25 heavy (non-hydrogen) atoms. The van der Waals surface area contributed by atoms with Gasteiger partial charge in [-0.2, -0.15) is 0 Å². The summed E-state index contributed by atoms with van der Waals surface area (Å²) in [6.45, 7) is 1.78. The maximum absolute atomic E-state index is 12.2. The van der Waals surface area contributed by atoms with E-state index in [0.29, 0.717) is 11.3 Å². The third kappa shape index (κ3) is 3.35. The molecule has 3 aromatic rings. The molecule has 0 spiro atoms. The van der Waals surface area contributed by atoms with Gasteiger partial charge in [0.2, 0.25) is 6.10 Å². The summed E-state index contributed by atoms with van der Waals surface area (Å²) in [5.41, 5.74) is 0.956. The summed E-state index contributed by atoms with van der Waals surface area (Å²) < 4.78 is 11.2. The molecule has 0 saturated carbocycles. The van der Waals surface area contributed by atoms with E-state index < -0.39 is 18.0 Å². The lowest BCUT2D eigenvalue weighted by Gasteiger charge is -2.06. The lowest BCUT2D eigenvalue weighted by atomic mass is 10.2. The summed E-state index contributed by atoms with van der Waals surface area (Å²) in [5.74, 6) is -0.990. The minimum absolute atomic E-state index is 0.217. The molecular formula is C17H14N2O4S2. The molecule has 0 amide bonds. The Labute approximate surface area is 151 Å². The van der Waals surface area contributed by atoms with E-state index in [4.69, 9.17) is 9.47 Å². The molecule has 0 radical (unpaired) electrons. The number of esters is 2. The Bertz CT molecular complexity index is 903. The van der Waals surface area contributed by atoms with Crippen molar-refractivity contribution in [3.05, 3.63) is 41.3 Å². The Hall–Kier alpha value is -2.45. The van der Waals surface area contributed by atoms with E-state index in [-0.39, 0.29) is 6.10 Å². The smallest absolute Gasteiger partial charge is 0.349 e. The molecule has 0 aliphatic carbocycles. The number of thiazole rings is 1. The SMILES string of the molecule is C[C@H]1C[C@H](OC(=O)c2cc3sc(Nc4ccccc4)nc3s2)C(=O)O1. The number of fused-ring (bicyclic) bond motifs is 1. The Balaban J connectivity index is 1.47. The number of cyclic esters (lactones) is 1. The number of carbonyl (C=O) groups excluding carboxylic acids is 2. The zero-order valence-corrected chi connectivity index (χ0v) is 14.9. The highest BCUT2D eigenvalue weighted by Gasteiger charge is 2.35. The Morgan fingerprint density at radius 1 is 1.32 bits per heavy atom. The summed E-state index contributed by atoms with van der Waals surface area (Å²) in [6, 6.07) is 11.5. The van der Waals surface area contributed by atoms with Gasteiger partial charge in [-0.25, -0.2) is 14.6 Å². The topological polar surface area (TPSA) is 77.5 Å². The van der Waals surface area contributed by atoms with Gasteiger partial charge in [-0.3, -0.25) is 0 Å². The Kier molecular flexibility index (Phi) is 4.14. The number of aromatic nitrogens is 1. The number of para-hydroxylation sites is 1. The maximum Gasteiger partial charge on any atom is 0.349 e. The number of nitrogens with one attached hydrogen (secondary N) is 1. The van der Waals surface area contributed by atoms with Crippen molar-refractivity contribution in [1.82, 2.24) is 4.98 Å². The summed E-state index contributed by atoms with van der Waals surface area (Å²) in [6.07, 6.45) is -0.635. The molecule has 4 rings (SSSR count). The molecule has 3 heterocycles. The van der Waals surface area contributed by atoms with Gasteiger partial charge in [0.1, 0.15) is 15.8 Å². The Morgan fingerprint density at radius 3 is 2.80 bits per heavy atom. The van der Waals surface area contributed by atoms with Crippen LogP contribution in [0.5, 0.6) is 0 Å². The normalized spacial score (nSPS) is 19.8. The number of nitrogens with zero attached hydrogens (tertiary/aromatic N) is 1. The fourth-order valence-corrected chi connectivity index (χ4v) is 4.56. The van der Waals surface area contributed by atoms with E-state index in [9.17, 15) is 9.59 Å². The van der Waals surface area contributed by atoms with E-state index in [2.05, 4.69) is 10.3 Å². The van der Waals surface area contributed by atoms with Gasteiger partial charge in [0.05, 0.1) is 4.70 Å². The number of ether oxygens (including phenoxy) is 2. The van der Waals surface area contributed by atoms with Gasteiger partial charge in [0.25, 0.3) is 0 Å². The second kappa shape index (κ2) is 6.45. The lowest BCUT2D eigenvalue weighted by molar-refractivity contribution is -0.147. The molecule has 1 fully saturated rings. The van der Waals surface area contributed by atoms with Crippen LogP contribution in [-0.2, 0) is 14.3 Å². The molecule has 1 aliphatic heterocycles. The van der Waals surface area contributed by atoms with E-state index in [1.54, 1.807) is 13.0 Å². The van der Waals surface area contributed by atoms with Crippen LogP contribution in [0.1, 0.15) is 23.0 Å². The molecule has 0 unspecified atom stereocenters. The molecule has 2 aromatic heterocycles. The standard InChI is InChI=1S/C17H14N2O4S2/c1-9-7-11(15(20)22-9)23-16(21)13-8-12-14(24-13)19-17(25-12)18-10-5-3-2-4-6-10/h2-6,8-9,11H,7H2,1H3,(H,18,19)/t9-,11-/m0/s1. The van der Waals surface area contributed by atoms with E-state index in [1.807, 2.05) is 30.3 Å². The highest BCUT2D eigenvalue weighted by Crippen LogP contribution is 2.34. The van der Waals surface area contributed by atoms with Crippen molar-refractivity contribution in [3.63, 3.8) is 0 Å². The second-order valence-corrected chi connectivity index (χ2v) is 7.73. The van der Waals surface area contributed by atoms with Crippen LogP contribution in [0.4, 0.5) is 10.8 Å². The predicted octanol–water partition coefficient (Wildman–Crippen LogP) is 3.96. The first kappa shape index (κ1) is 16.0. The number of benzene rings is 1. The van der Waals surface area contributed by atoms with Crippen LogP contribution >= 0.6 is 22.7 Å². The highest BCUT2D eigenvalue weighted by atomic mass is 32.1. The van der Waals surface area contributed by atoms with Gasteiger partial charge in [0, 0.05) is 12.1 Å². The van der Waals surface area contributed by atoms with E-state index >= 15 is 0 Å². The zero-order valence-electron chi connectivity index (χ0n) is 13.2. The van der Waals surface area contributed by atoms with Crippen molar-refractivity contribution < 1.29 is 19.1 Å². The number of hydrogen-bond acceptors (Lipinski definition) is 8. The molecule has 1 N–H and O–H groups in total. The van der Waals surface area contributed by atoms with E-state index in [1.165, 1.54) is 22.7 Å². The molecule has 6 nitrogen and oxygen atoms in total. The molecule has 1 saturated heterocycles. The van der Waals surface area contributed by atoms with E-state index in [0.717, 1.165) is 20.3 Å². The first-order valence-electron chi connectivity index (χ1n) is 7.72. The molecular weight excluding hydrogens is 360 g/mol. The van der Waals surface area contributed by atoms with Crippen LogP contribution in [0.3, 0.4) is 0 Å². The van der Waals surface area contributed by atoms with Crippen LogP contribution < -0.4 is 5.32 Å². The molecule has 2 atom stereocenters. The molecule has 128 valence electrons. The van der Waals surface area contributed by atoms with Crippen LogP contribution in [-0.4, -0.2) is 29.1 Å². The highest BCUT2D eigenvalue weighted by molar-refractivity contribution is 7.29. The van der Waals surface area contributed by atoms with Gasteiger partial charge in [0.15, 0.2) is 5.13 Å². The first-order chi connectivity index (χ1) is 12.1. The fraction of sp³-hybridized carbons (Fsp3) is 0.235. The van der Waals surface area contributed by atoms with Crippen molar-refractivity contribution in [1.29, 1.82) is 0 Å². The second-order valence-electron chi connectivity index (χ2n) is 5.67. The summed E-state index contributed by atoms with van der Waals surface area (Å²) in [4.78, 5) is 29.5. The number of anilines is 2. The van der Waals surface area contributed by atoms with Gasteiger partial charge in [-0.1, -0.05) is 29.5 Å². The first-order valence-corrected chi connectivity index (χ1v) is 9.36. The van der Waals surface area contributed by atoms with Gasteiger partial charge < -0.3 is 14.8 Å². The maximum atomic E-state index is 12.2. The Morgan fingerprint density at radius 2 is 2.12 bits per heavy atom. The molecule has 1 aromatic carbocycles. The van der Waals surface area contributed by atoms with Crippen molar-refractivity contribution >= 4 is 55.0 Å². The quantitative estimate of drug-likeness (QED) is 0.697. The molecule has 1 aliphatic rings. The average Bonchev–Trinajstić information content (AvgIpc) is 3.22. The minimum Gasteiger partial charge on any atom is -0.460 e. The van der Waals surface area contributed by atoms with Crippen LogP contribution in [0, 0.1) is 0 Å². The van der Waals surface area contributed by atoms with Crippen molar-refractivity contribution in [2.45, 2.75) is 25.6 Å². The van der Waals surface area contributed by atoms with Crippen molar-refractivity contribution in [2.75, 3.05) is 5.32 Å². The van der Waals surface area contributed by atoms with Crippen LogP contribution in [0.25, 0.3) is 9.53 Å². The molecule has 8 heteroatoms. The predicted molar refractivity (Wildman–Crippen MR) is 96.6 cm³/mol. The summed E-state index contributed by atoms with van der Waals surface area (Å²) >= 11 is 2.72. The number of rotatable bonds is 4. The molecule has 0 bridgehead atoms. The van der Waals surface area contributed by atoms with Crippen LogP contribution in [0.2, 0.25) is 0 Å². The third-order valence-corrected chi connectivity index (χ3v) is 5.75. The van der Waals surface area contributed by atoms with Gasteiger partial charge >= 0.3 is 11.9 Å². The fourth-order valence-electron chi connectivity index (χ4n) is 2.54. The van der Waals surface area contributed by atoms with Crippen LogP contribution in [0.15, 0.2) is 36.4 Å². The zero-order chi connectivity index (χ0) is 17.4. The minimum atomic E-state index is -0.814. The van der Waals surface area contributed by atoms with Gasteiger partial charge in [-0.15, -0.1) is 11.3 Å². The number of thiophene rings is 1. The summed E-state index contributed by atoms with van der Waals surface area (Å²) in [5, 5.41) is 4.00. The average molecular weight is 374 g/mol. The third-order valence-electron chi connectivity index (χ3n) is 3.69. The van der Waals surface area contributed by atoms with Crippen molar-refractivity contribution in [2.24, 2.45) is 0 Å². The number of carbonyl (C=O) groups is 2. The van der Waals surface area contributed by atoms with Gasteiger partial charge in [-0.05, 0) is 25.1 Å². The summed E-state index contributed by atoms with van der Waals surface area (Å²) in [7, 11) is 0. The largest absolute Gasteiger partial charge is 0.460 e. The number of hydrogen-bond donors (Lipinski definition) is 1. The lowest BCUT2D eigenvalue weighted by Crippen LogP contribution is -2.22.